The molecule has 7 aromatic rings. The molecule has 0 bridgehead atoms. The van der Waals surface area contributed by atoms with Crippen molar-refractivity contribution in [3.05, 3.63) is 262 Å². The van der Waals surface area contributed by atoms with Gasteiger partial charge in [0.25, 0.3) is 0 Å². The molecule has 2 aliphatic rings. The minimum absolute atomic E-state index is 0.147. The summed E-state index contributed by atoms with van der Waals surface area (Å²) in [7, 11) is 0. The average Bonchev–Trinajstić information content (AvgIpc) is 4.04. The number of hydrogen-bond donors (Lipinski definition) is 0. The molecule has 2 aliphatic carbocycles. The van der Waals surface area contributed by atoms with Crippen LogP contribution in [-0.2, 0) is 0 Å². The predicted octanol–water partition coefficient (Wildman–Crippen LogP) is 14.1. The third-order valence-electron chi connectivity index (χ3n) is 11.2. The Morgan fingerprint density at radius 1 is 0.345 bits per heavy atom. The van der Waals surface area contributed by atoms with E-state index in [0.29, 0.717) is 5.92 Å². The summed E-state index contributed by atoms with van der Waals surface area (Å²) in [6, 6.07) is 68.5. The van der Waals surface area contributed by atoms with Crippen molar-refractivity contribution in [2.45, 2.75) is 18.3 Å². The molecule has 0 spiro atoms. The molecule has 0 heteroatoms. The van der Waals surface area contributed by atoms with E-state index in [1.807, 2.05) is 0 Å². The maximum absolute atomic E-state index is 2.53. The van der Waals surface area contributed by atoms with E-state index < -0.39 is 0 Å². The van der Waals surface area contributed by atoms with Gasteiger partial charge < -0.3 is 0 Å². The van der Waals surface area contributed by atoms with Gasteiger partial charge in [0, 0.05) is 11.8 Å². The van der Waals surface area contributed by atoms with Crippen molar-refractivity contribution in [3.8, 4) is 11.1 Å². The number of allylic oxidation sites excluding steroid dienone is 4. The zero-order chi connectivity index (χ0) is 36.8. The minimum Gasteiger partial charge on any atom is -0.0805 e. The number of rotatable bonds is 11. The zero-order valence-electron chi connectivity index (χ0n) is 31.0. The quantitative estimate of drug-likeness (QED) is 0.0929. The van der Waals surface area contributed by atoms with Gasteiger partial charge in [0.1, 0.15) is 0 Å². The van der Waals surface area contributed by atoms with Crippen molar-refractivity contribution < 1.29 is 0 Å². The average molecular weight is 705 g/mol. The van der Waals surface area contributed by atoms with Crippen LogP contribution in [0.2, 0.25) is 0 Å². The second kappa shape index (κ2) is 15.8. The SMILES string of the molecule is C1=CC2CC2C=C1C(c1ccc(/C=C/c2ccccc2)cc1)c1ccc(-c2ccc(C(c3ccccc3)c3ccc(/C=C/c4ccccc4)cc3)cc2)cc1. The van der Waals surface area contributed by atoms with Crippen LogP contribution < -0.4 is 0 Å². The lowest BCUT2D eigenvalue weighted by atomic mass is 9.82. The number of hydrogen-bond acceptors (Lipinski definition) is 0. The van der Waals surface area contributed by atoms with Gasteiger partial charge >= 0.3 is 0 Å². The molecule has 1 fully saturated rings. The van der Waals surface area contributed by atoms with Crippen molar-refractivity contribution in [2.75, 3.05) is 0 Å². The van der Waals surface area contributed by atoms with Crippen LogP contribution in [0.4, 0.5) is 0 Å². The van der Waals surface area contributed by atoms with Crippen LogP contribution in [0.25, 0.3) is 35.4 Å². The maximum Gasteiger partial charge on any atom is 0.0340 e. The Morgan fingerprint density at radius 2 is 0.709 bits per heavy atom. The molecule has 4 atom stereocenters. The topological polar surface area (TPSA) is 0 Å². The van der Waals surface area contributed by atoms with Gasteiger partial charge in [-0.1, -0.05) is 231 Å². The molecule has 7 aromatic carbocycles. The molecule has 55 heavy (non-hydrogen) atoms. The fourth-order valence-electron chi connectivity index (χ4n) is 8.03. The smallest absolute Gasteiger partial charge is 0.0340 e. The summed E-state index contributed by atoms with van der Waals surface area (Å²) >= 11 is 0. The summed E-state index contributed by atoms with van der Waals surface area (Å²) < 4.78 is 0. The lowest BCUT2D eigenvalue weighted by molar-refractivity contribution is 0.898. The third-order valence-corrected chi connectivity index (χ3v) is 11.2. The van der Waals surface area contributed by atoms with Gasteiger partial charge in [0.05, 0.1) is 0 Å². The third kappa shape index (κ3) is 8.05. The molecule has 0 aliphatic heterocycles. The molecule has 0 heterocycles. The molecular weight excluding hydrogens is 661 g/mol. The first-order valence-electron chi connectivity index (χ1n) is 19.5. The van der Waals surface area contributed by atoms with Crippen LogP contribution in [-0.4, -0.2) is 0 Å². The van der Waals surface area contributed by atoms with E-state index in [-0.39, 0.29) is 11.8 Å². The van der Waals surface area contributed by atoms with Crippen LogP contribution in [0.3, 0.4) is 0 Å². The minimum atomic E-state index is 0.147. The molecule has 4 unspecified atom stereocenters. The Kier molecular flexibility index (Phi) is 9.88. The molecule has 0 N–H and O–H groups in total. The highest BCUT2D eigenvalue weighted by atomic mass is 14.4. The summed E-state index contributed by atoms with van der Waals surface area (Å²) in [4.78, 5) is 0. The molecule has 0 aromatic heterocycles. The fourth-order valence-corrected chi connectivity index (χ4v) is 8.03. The van der Waals surface area contributed by atoms with Gasteiger partial charge in [-0.15, -0.1) is 0 Å². The van der Waals surface area contributed by atoms with Crippen molar-refractivity contribution in [1.82, 2.24) is 0 Å². The molecule has 0 amide bonds. The Labute approximate surface area is 326 Å². The van der Waals surface area contributed by atoms with Crippen molar-refractivity contribution in [2.24, 2.45) is 11.8 Å². The lowest BCUT2D eigenvalue weighted by Crippen LogP contribution is -2.06. The molecule has 264 valence electrons. The largest absolute Gasteiger partial charge is 0.0805 e. The molecule has 9 rings (SSSR count). The van der Waals surface area contributed by atoms with Gasteiger partial charge in [-0.25, -0.2) is 0 Å². The van der Waals surface area contributed by atoms with E-state index >= 15 is 0 Å². The van der Waals surface area contributed by atoms with Gasteiger partial charge in [0.15, 0.2) is 0 Å². The van der Waals surface area contributed by atoms with E-state index in [4.69, 9.17) is 0 Å². The fraction of sp³-hybridized carbons (Fsp3) is 0.0909. The van der Waals surface area contributed by atoms with Crippen LogP contribution in [0.1, 0.15) is 68.3 Å². The van der Waals surface area contributed by atoms with E-state index in [2.05, 4.69) is 231 Å². The van der Waals surface area contributed by atoms with Gasteiger partial charge in [-0.3, -0.25) is 0 Å². The van der Waals surface area contributed by atoms with Crippen LogP contribution in [0, 0.1) is 11.8 Å². The zero-order valence-corrected chi connectivity index (χ0v) is 31.0. The summed E-state index contributed by atoms with van der Waals surface area (Å²) in [5.74, 6) is 1.78. The Bertz CT molecular complexity index is 2450. The maximum atomic E-state index is 2.53. The molecule has 0 nitrogen and oxygen atoms in total. The molecule has 1 saturated carbocycles. The highest BCUT2D eigenvalue weighted by Gasteiger charge is 2.36. The lowest BCUT2D eigenvalue weighted by Gasteiger charge is -2.22. The Balaban J connectivity index is 0.962. The first-order valence-corrected chi connectivity index (χ1v) is 19.5. The Morgan fingerprint density at radius 3 is 1.15 bits per heavy atom. The number of benzene rings is 7. The van der Waals surface area contributed by atoms with Gasteiger partial charge in [-0.2, -0.15) is 0 Å². The summed E-state index contributed by atoms with van der Waals surface area (Å²) in [5, 5.41) is 0. The second-order valence-corrected chi connectivity index (χ2v) is 14.9. The first kappa shape index (κ1) is 34.3. The predicted molar refractivity (Wildman–Crippen MR) is 234 cm³/mol. The normalized spacial score (nSPS) is 17.1. The van der Waals surface area contributed by atoms with E-state index in [1.54, 1.807) is 0 Å². The highest BCUT2D eigenvalue weighted by Crippen LogP contribution is 2.48. The highest BCUT2D eigenvalue weighted by molar-refractivity contribution is 5.71. The molecular formula is C55H44. The van der Waals surface area contributed by atoms with E-state index in [9.17, 15) is 0 Å². The van der Waals surface area contributed by atoms with E-state index in [1.165, 1.54) is 73.2 Å². The van der Waals surface area contributed by atoms with Gasteiger partial charge in [0.2, 0.25) is 0 Å². The van der Waals surface area contributed by atoms with Crippen molar-refractivity contribution >= 4 is 24.3 Å². The van der Waals surface area contributed by atoms with Gasteiger partial charge in [-0.05, 0) is 85.0 Å². The Hall–Kier alpha value is -6.50. The summed E-state index contributed by atoms with van der Waals surface area (Å²) in [6.45, 7) is 0. The summed E-state index contributed by atoms with van der Waals surface area (Å²) in [5.41, 5.74) is 15.2. The van der Waals surface area contributed by atoms with Crippen molar-refractivity contribution in [1.29, 1.82) is 0 Å². The van der Waals surface area contributed by atoms with Crippen LogP contribution in [0.5, 0.6) is 0 Å². The monoisotopic (exact) mass is 704 g/mol. The van der Waals surface area contributed by atoms with Crippen LogP contribution >= 0.6 is 0 Å². The first-order chi connectivity index (χ1) is 27.2. The molecule has 0 radical (unpaired) electrons. The number of fused-ring (bicyclic) bond motifs is 1. The van der Waals surface area contributed by atoms with Crippen molar-refractivity contribution in [3.63, 3.8) is 0 Å². The summed E-state index contributed by atoms with van der Waals surface area (Å²) in [6.07, 6.45) is 17.4. The van der Waals surface area contributed by atoms with E-state index in [0.717, 1.165) is 5.92 Å². The standard InChI is InChI=1S/C55H44/c1-4-10-40(11-5-1)16-18-42-20-24-47(25-21-42)54(46-14-8-3-9-15-46)49-32-28-44(29-33-49)45-30-34-50(35-31-45)55(52-37-36-51-38-53(51)39-52)48-26-22-43(23-27-48)19-17-41-12-6-2-7-13-41/h1-37,39,51,53-55H,38H2/b18-16+,19-17+. The second-order valence-electron chi connectivity index (χ2n) is 14.9. The molecule has 0 saturated heterocycles. The van der Waals surface area contributed by atoms with Crippen LogP contribution in [0.15, 0.2) is 212 Å².